The molecule has 0 spiro atoms. The summed E-state index contributed by atoms with van der Waals surface area (Å²) in [7, 11) is 0. The molecule has 4 rings (SSSR count). The summed E-state index contributed by atoms with van der Waals surface area (Å²) in [6, 6.07) is 11.2. The van der Waals surface area contributed by atoms with E-state index in [4.69, 9.17) is 4.74 Å². The van der Waals surface area contributed by atoms with E-state index < -0.39 is 0 Å². The van der Waals surface area contributed by atoms with Crippen molar-refractivity contribution in [2.24, 2.45) is 5.92 Å². The molecule has 0 atom stereocenters. The van der Waals surface area contributed by atoms with Gasteiger partial charge in [-0.25, -0.2) is 0 Å². The SMILES string of the molecule is CC(=O)N1CCC(Oc2ccc(NC(=O)C3CN(c4cccnn4)C3)cc2)CC1. The Morgan fingerprint density at radius 3 is 2.45 bits per heavy atom. The van der Waals surface area contributed by atoms with Crippen LogP contribution in [0.3, 0.4) is 0 Å². The Hall–Kier alpha value is -3.16. The van der Waals surface area contributed by atoms with Crippen molar-refractivity contribution in [2.45, 2.75) is 25.9 Å². The lowest BCUT2D eigenvalue weighted by Crippen LogP contribution is -2.52. The maximum atomic E-state index is 12.4. The van der Waals surface area contributed by atoms with Gasteiger partial charge >= 0.3 is 0 Å². The lowest BCUT2D eigenvalue weighted by Gasteiger charge is -2.38. The van der Waals surface area contributed by atoms with Gasteiger partial charge in [0.1, 0.15) is 11.9 Å². The molecule has 2 amide bonds. The van der Waals surface area contributed by atoms with Gasteiger partial charge < -0.3 is 19.9 Å². The Labute approximate surface area is 169 Å². The molecule has 0 saturated carbocycles. The number of piperidine rings is 1. The van der Waals surface area contributed by atoms with Crippen LogP contribution in [0.25, 0.3) is 0 Å². The van der Waals surface area contributed by atoms with Crippen molar-refractivity contribution >= 4 is 23.3 Å². The smallest absolute Gasteiger partial charge is 0.231 e. The molecule has 8 nitrogen and oxygen atoms in total. The van der Waals surface area contributed by atoms with Gasteiger partial charge in [-0.1, -0.05) is 0 Å². The zero-order valence-electron chi connectivity index (χ0n) is 16.5. The Kier molecular flexibility index (Phi) is 5.59. The number of carbonyl (C=O) groups is 2. The number of benzene rings is 1. The fourth-order valence-corrected chi connectivity index (χ4v) is 3.64. The first kappa shape index (κ1) is 19.2. The molecule has 3 heterocycles. The second-order valence-corrected chi connectivity index (χ2v) is 7.52. The highest BCUT2D eigenvalue weighted by Gasteiger charge is 2.33. The average Bonchev–Trinajstić information content (AvgIpc) is 2.69. The van der Waals surface area contributed by atoms with E-state index >= 15 is 0 Å². The van der Waals surface area contributed by atoms with Gasteiger partial charge in [0, 0.05) is 57.8 Å². The summed E-state index contributed by atoms with van der Waals surface area (Å²) in [4.78, 5) is 27.7. The number of rotatable bonds is 5. The third-order valence-electron chi connectivity index (χ3n) is 5.45. The molecule has 0 aliphatic carbocycles. The van der Waals surface area contributed by atoms with E-state index in [-0.39, 0.29) is 23.8 Å². The topological polar surface area (TPSA) is 87.7 Å². The van der Waals surface area contributed by atoms with E-state index in [0.29, 0.717) is 13.1 Å². The van der Waals surface area contributed by atoms with Crippen molar-refractivity contribution < 1.29 is 14.3 Å². The predicted molar refractivity (Wildman–Crippen MR) is 109 cm³/mol. The monoisotopic (exact) mass is 395 g/mol. The molecule has 0 radical (unpaired) electrons. The number of carbonyl (C=O) groups excluding carboxylic acids is 2. The van der Waals surface area contributed by atoms with Crippen molar-refractivity contribution in [3.8, 4) is 5.75 Å². The molecule has 2 saturated heterocycles. The quantitative estimate of drug-likeness (QED) is 0.833. The van der Waals surface area contributed by atoms with Crippen LogP contribution < -0.4 is 15.0 Å². The van der Waals surface area contributed by atoms with E-state index in [1.807, 2.05) is 46.2 Å². The van der Waals surface area contributed by atoms with Crippen molar-refractivity contribution in [1.82, 2.24) is 15.1 Å². The number of hydrogen-bond donors (Lipinski definition) is 1. The predicted octanol–water partition coefficient (Wildman–Crippen LogP) is 1.94. The zero-order chi connectivity index (χ0) is 20.2. The van der Waals surface area contributed by atoms with Crippen LogP contribution in [0, 0.1) is 5.92 Å². The Morgan fingerprint density at radius 2 is 1.83 bits per heavy atom. The maximum Gasteiger partial charge on any atom is 0.231 e. The molecule has 0 unspecified atom stereocenters. The minimum absolute atomic E-state index is 0.00964. The van der Waals surface area contributed by atoms with Crippen LogP contribution >= 0.6 is 0 Å². The number of aromatic nitrogens is 2. The summed E-state index contributed by atoms with van der Waals surface area (Å²) in [6.07, 6.45) is 3.42. The van der Waals surface area contributed by atoms with Crippen molar-refractivity contribution in [1.29, 1.82) is 0 Å². The minimum Gasteiger partial charge on any atom is -0.490 e. The molecule has 1 aromatic carbocycles. The van der Waals surface area contributed by atoms with Gasteiger partial charge in [0.25, 0.3) is 0 Å². The molecule has 2 aliphatic rings. The molecule has 152 valence electrons. The van der Waals surface area contributed by atoms with Crippen molar-refractivity contribution in [3.05, 3.63) is 42.6 Å². The summed E-state index contributed by atoms with van der Waals surface area (Å²) in [6.45, 7) is 4.36. The number of amides is 2. The summed E-state index contributed by atoms with van der Waals surface area (Å²) < 4.78 is 6.02. The first-order valence-corrected chi connectivity index (χ1v) is 9.94. The van der Waals surface area contributed by atoms with Gasteiger partial charge in [-0.3, -0.25) is 9.59 Å². The second kappa shape index (κ2) is 8.46. The molecular weight excluding hydrogens is 370 g/mol. The lowest BCUT2D eigenvalue weighted by atomic mass is 9.99. The summed E-state index contributed by atoms with van der Waals surface area (Å²) in [5.41, 5.74) is 0.756. The molecule has 2 fully saturated rings. The first-order chi connectivity index (χ1) is 14.1. The first-order valence-electron chi connectivity index (χ1n) is 9.94. The third kappa shape index (κ3) is 4.64. The molecule has 2 aromatic rings. The molecule has 29 heavy (non-hydrogen) atoms. The van der Waals surface area contributed by atoms with Crippen LogP contribution in [-0.2, 0) is 9.59 Å². The van der Waals surface area contributed by atoms with E-state index in [0.717, 1.165) is 43.2 Å². The fraction of sp³-hybridized carbons (Fsp3) is 0.429. The van der Waals surface area contributed by atoms with Crippen LogP contribution in [0.1, 0.15) is 19.8 Å². The van der Waals surface area contributed by atoms with Crippen LogP contribution in [-0.4, -0.2) is 59.2 Å². The molecular formula is C21H25N5O3. The third-order valence-corrected chi connectivity index (χ3v) is 5.45. The minimum atomic E-state index is -0.0561. The van der Waals surface area contributed by atoms with E-state index in [9.17, 15) is 9.59 Å². The van der Waals surface area contributed by atoms with E-state index in [1.54, 1.807) is 13.1 Å². The van der Waals surface area contributed by atoms with Crippen LogP contribution in [0.5, 0.6) is 5.75 Å². The molecule has 1 N–H and O–H groups in total. The van der Waals surface area contributed by atoms with Gasteiger partial charge in [-0.05, 0) is 36.4 Å². The van der Waals surface area contributed by atoms with Gasteiger partial charge in [0.2, 0.25) is 11.8 Å². The number of nitrogens with one attached hydrogen (secondary N) is 1. The lowest BCUT2D eigenvalue weighted by molar-refractivity contribution is -0.130. The average molecular weight is 395 g/mol. The van der Waals surface area contributed by atoms with Crippen molar-refractivity contribution in [3.63, 3.8) is 0 Å². The largest absolute Gasteiger partial charge is 0.490 e. The number of likely N-dealkylation sites (tertiary alicyclic amines) is 1. The number of ether oxygens (including phenoxy) is 1. The molecule has 8 heteroatoms. The standard InChI is InChI=1S/C21H25N5O3/c1-15(27)25-11-8-19(9-12-25)29-18-6-4-17(5-7-18)23-21(28)16-13-26(14-16)20-3-2-10-22-24-20/h2-7,10,16,19H,8-9,11-14H2,1H3,(H,23,28). The Bertz CT molecular complexity index is 844. The molecule has 1 aromatic heterocycles. The van der Waals surface area contributed by atoms with E-state index in [1.165, 1.54) is 0 Å². The maximum absolute atomic E-state index is 12.4. The van der Waals surface area contributed by atoms with Crippen LogP contribution in [0.4, 0.5) is 11.5 Å². The van der Waals surface area contributed by atoms with Gasteiger partial charge in [-0.15, -0.1) is 5.10 Å². The molecule has 2 aliphatic heterocycles. The Balaban J connectivity index is 1.23. The summed E-state index contributed by atoms with van der Waals surface area (Å²) in [5, 5.41) is 10.9. The van der Waals surface area contributed by atoms with Crippen LogP contribution in [0.2, 0.25) is 0 Å². The normalized spacial score (nSPS) is 17.6. The number of hydrogen-bond acceptors (Lipinski definition) is 6. The molecule has 0 bridgehead atoms. The van der Waals surface area contributed by atoms with Gasteiger partial charge in [0.15, 0.2) is 5.82 Å². The van der Waals surface area contributed by atoms with Crippen LogP contribution in [0.15, 0.2) is 42.6 Å². The highest BCUT2D eigenvalue weighted by molar-refractivity contribution is 5.94. The summed E-state index contributed by atoms with van der Waals surface area (Å²) in [5.74, 6) is 1.65. The highest BCUT2D eigenvalue weighted by Crippen LogP contribution is 2.25. The second-order valence-electron chi connectivity index (χ2n) is 7.52. The highest BCUT2D eigenvalue weighted by atomic mass is 16.5. The van der Waals surface area contributed by atoms with Gasteiger partial charge in [0.05, 0.1) is 5.92 Å². The summed E-state index contributed by atoms with van der Waals surface area (Å²) >= 11 is 0. The zero-order valence-corrected chi connectivity index (χ0v) is 16.5. The number of nitrogens with zero attached hydrogens (tertiary/aromatic N) is 4. The van der Waals surface area contributed by atoms with Gasteiger partial charge in [-0.2, -0.15) is 5.10 Å². The number of anilines is 2. The van der Waals surface area contributed by atoms with Crippen molar-refractivity contribution in [2.75, 3.05) is 36.4 Å². The Morgan fingerprint density at radius 1 is 1.10 bits per heavy atom. The fourth-order valence-electron chi connectivity index (χ4n) is 3.64. The van der Waals surface area contributed by atoms with E-state index in [2.05, 4.69) is 15.5 Å².